The molecule has 1 aliphatic heterocycles. The van der Waals surface area contributed by atoms with Crippen LogP contribution in [0.25, 0.3) is 0 Å². The van der Waals surface area contributed by atoms with Crippen LogP contribution < -0.4 is 10.1 Å². The molecule has 152 valence electrons. The molecule has 2 heterocycles. The number of hydrogen-bond acceptors (Lipinski definition) is 4. The Balaban J connectivity index is 0.00000240. The zero-order valence-electron chi connectivity index (χ0n) is 16.3. The molecule has 0 saturated carbocycles. The molecule has 1 fully saturated rings. The third kappa shape index (κ3) is 4.60. The van der Waals surface area contributed by atoms with Gasteiger partial charge in [-0.05, 0) is 11.6 Å². The minimum atomic E-state index is -0.0742. The Hall–Kier alpha value is -2.83. The first kappa shape index (κ1) is 20.9. The van der Waals surface area contributed by atoms with Crippen molar-refractivity contribution in [2.75, 3.05) is 26.7 Å². The van der Waals surface area contributed by atoms with Crippen molar-refractivity contribution in [3.8, 4) is 5.75 Å². The van der Waals surface area contributed by atoms with Crippen LogP contribution >= 0.6 is 12.4 Å². The fourth-order valence-electron chi connectivity index (χ4n) is 3.66. The van der Waals surface area contributed by atoms with Gasteiger partial charge in [-0.1, -0.05) is 48.5 Å². The van der Waals surface area contributed by atoms with Gasteiger partial charge in [-0.15, -0.1) is 12.4 Å². The van der Waals surface area contributed by atoms with Gasteiger partial charge in [0.15, 0.2) is 0 Å². The summed E-state index contributed by atoms with van der Waals surface area (Å²) in [6.07, 6.45) is 3.49. The van der Waals surface area contributed by atoms with Gasteiger partial charge in [0.05, 0.1) is 31.5 Å². The molecular formula is C22H25ClN4O2. The molecule has 1 N–H and O–H groups in total. The molecule has 3 aromatic rings. The number of nitrogens with zero attached hydrogens (tertiary/aromatic N) is 3. The Labute approximate surface area is 176 Å². The van der Waals surface area contributed by atoms with Crippen molar-refractivity contribution in [1.29, 1.82) is 0 Å². The monoisotopic (exact) mass is 412 g/mol. The number of ether oxygens (including phenoxy) is 1. The van der Waals surface area contributed by atoms with E-state index in [-0.39, 0.29) is 24.4 Å². The number of carbonyl (C=O) groups excluding carboxylic acids is 1. The molecule has 0 spiro atoms. The number of nitrogens with one attached hydrogen (secondary N) is 1. The Kier molecular flexibility index (Phi) is 6.90. The van der Waals surface area contributed by atoms with Gasteiger partial charge in [0.1, 0.15) is 5.75 Å². The van der Waals surface area contributed by atoms with Gasteiger partial charge in [0.2, 0.25) is 0 Å². The molecule has 0 radical (unpaired) electrons. The van der Waals surface area contributed by atoms with Crippen molar-refractivity contribution in [3.63, 3.8) is 0 Å². The van der Waals surface area contributed by atoms with E-state index >= 15 is 0 Å². The number of aromatic nitrogens is 2. The van der Waals surface area contributed by atoms with E-state index in [9.17, 15) is 4.79 Å². The lowest BCUT2D eigenvalue weighted by Crippen LogP contribution is -2.48. The van der Waals surface area contributed by atoms with Gasteiger partial charge >= 0.3 is 0 Å². The van der Waals surface area contributed by atoms with E-state index in [2.05, 4.69) is 22.5 Å². The molecule has 4 rings (SSSR count). The maximum absolute atomic E-state index is 13.3. The smallest absolute Gasteiger partial charge is 0.257 e. The summed E-state index contributed by atoms with van der Waals surface area (Å²) >= 11 is 0. The zero-order chi connectivity index (χ0) is 19.3. The highest BCUT2D eigenvalue weighted by Crippen LogP contribution is 2.31. The minimum absolute atomic E-state index is 0. The van der Waals surface area contributed by atoms with Gasteiger partial charge in [0.25, 0.3) is 5.91 Å². The third-order valence-corrected chi connectivity index (χ3v) is 5.07. The topological polar surface area (TPSA) is 59.4 Å². The molecular weight excluding hydrogens is 388 g/mol. The van der Waals surface area contributed by atoms with Crippen LogP contribution in [0.5, 0.6) is 5.75 Å². The number of rotatable bonds is 5. The molecule has 29 heavy (non-hydrogen) atoms. The highest BCUT2D eigenvalue weighted by atomic mass is 35.5. The maximum Gasteiger partial charge on any atom is 0.257 e. The molecule has 1 aromatic heterocycles. The van der Waals surface area contributed by atoms with Gasteiger partial charge in [0, 0.05) is 31.4 Å². The number of methoxy groups -OCH3 is 1. The lowest BCUT2D eigenvalue weighted by Gasteiger charge is -2.36. The standard InChI is InChI=1S/C22H24N4O2.ClH/c1-28-21-10-6-5-9-19(21)20-14-23-11-12-26(20)22(27)18-13-24-25(16-18)15-17-7-3-2-4-8-17;/h2-10,13,16,20,23H,11-12,14-15H2,1H3;1H. The fourth-order valence-corrected chi connectivity index (χ4v) is 3.66. The van der Waals surface area contributed by atoms with Gasteiger partial charge in [-0.2, -0.15) is 5.10 Å². The number of piperazine rings is 1. The molecule has 0 bridgehead atoms. The molecule has 6 nitrogen and oxygen atoms in total. The fraction of sp³-hybridized carbons (Fsp3) is 0.273. The first-order valence-corrected chi connectivity index (χ1v) is 9.47. The normalized spacial score (nSPS) is 16.2. The Morgan fingerprint density at radius 3 is 2.72 bits per heavy atom. The van der Waals surface area contributed by atoms with Crippen LogP contribution in [-0.4, -0.2) is 47.3 Å². The Bertz CT molecular complexity index is 945. The number of hydrogen-bond donors (Lipinski definition) is 1. The van der Waals surface area contributed by atoms with Crippen LogP contribution in [0.4, 0.5) is 0 Å². The van der Waals surface area contributed by atoms with Crippen LogP contribution in [0.15, 0.2) is 67.0 Å². The summed E-state index contributed by atoms with van der Waals surface area (Å²) < 4.78 is 7.33. The SMILES string of the molecule is COc1ccccc1C1CNCCN1C(=O)c1cnn(Cc2ccccc2)c1.Cl. The molecule has 1 saturated heterocycles. The minimum Gasteiger partial charge on any atom is -0.496 e. The van der Waals surface area contributed by atoms with E-state index in [0.717, 1.165) is 23.4 Å². The highest BCUT2D eigenvalue weighted by Gasteiger charge is 2.31. The van der Waals surface area contributed by atoms with E-state index in [1.807, 2.05) is 58.2 Å². The lowest BCUT2D eigenvalue weighted by atomic mass is 10.0. The molecule has 1 unspecified atom stereocenters. The molecule has 7 heteroatoms. The molecule has 2 aromatic carbocycles. The summed E-state index contributed by atoms with van der Waals surface area (Å²) in [7, 11) is 1.66. The molecule has 1 amide bonds. The Morgan fingerprint density at radius 2 is 1.93 bits per heavy atom. The summed E-state index contributed by atoms with van der Waals surface area (Å²) in [5, 5.41) is 7.78. The quantitative estimate of drug-likeness (QED) is 0.699. The van der Waals surface area contributed by atoms with Crippen molar-refractivity contribution in [2.45, 2.75) is 12.6 Å². The van der Waals surface area contributed by atoms with E-state index < -0.39 is 0 Å². The average molecular weight is 413 g/mol. The van der Waals surface area contributed by atoms with Crippen LogP contribution in [-0.2, 0) is 6.54 Å². The van der Waals surface area contributed by atoms with Crippen molar-refractivity contribution in [1.82, 2.24) is 20.0 Å². The van der Waals surface area contributed by atoms with Crippen LogP contribution in [0, 0.1) is 0 Å². The second-order valence-corrected chi connectivity index (χ2v) is 6.87. The highest BCUT2D eigenvalue weighted by molar-refractivity contribution is 5.94. The zero-order valence-corrected chi connectivity index (χ0v) is 17.1. The third-order valence-electron chi connectivity index (χ3n) is 5.07. The van der Waals surface area contributed by atoms with Crippen molar-refractivity contribution >= 4 is 18.3 Å². The largest absolute Gasteiger partial charge is 0.496 e. The first-order valence-electron chi connectivity index (χ1n) is 9.47. The first-order chi connectivity index (χ1) is 13.8. The molecule has 1 aliphatic rings. The number of halogens is 1. The van der Waals surface area contributed by atoms with E-state index in [0.29, 0.717) is 25.2 Å². The van der Waals surface area contributed by atoms with Crippen molar-refractivity contribution in [3.05, 3.63) is 83.7 Å². The summed E-state index contributed by atoms with van der Waals surface area (Å²) in [4.78, 5) is 15.2. The predicted octanol–water partition coefficient (Wildman–Crippen LogP) is 3.15. The second-order valence-electron chi connectivity index (χ2n) is 6.87. The van der Waals surface area contributed by atoms with Crippen molar-refractivity contribution < 1.29 is 9.53 Å². The number of carbonyl (C=O) groups is 1. The van der Waals surface area contributed by atoms with Gasteiger partial charge < -0.3 is 15.0 Å². The van der Waals surface area contributed by atoms with Gasteiger partial charge in [-0.25, -0.2) is 0 Å². The van der Waals surface area contributed by atoms with Crippen molar-refractivity contribution in [2.24, 2.45) is 0 Å². The summed E-state index contributed by atoms with van der Waals surface area (Å²) in [6, 6.07) is 17.9. The van der Waals surface area contributed by atoms with Crippen LogP contribution in [0.3, 0.4) is 0 Å². The number of amides is 1. The number of para-hydroxylation sites is 1. The van der Waals surface area contributed by atoms with Crippen LogP contribution in [0.2, 0.25) is 0 Å². The molecule has 1 atom stereocenters. The lowest BCUT2D eigenvalue weighted by molar-refractivity contribution is 0.0631. The number of benzene rings is 2. The van der Waals surface area contributed by atoms with E-state index in [4.69, 9.17) is 4.74 Å². The van der Waals surface area contributed by atoms with Crippen LogP contribution in [0.1, 0.15) is 27.5 Å². The summed E-state index contributed by atoms with van der Waals surface area (Å²) in [5.41, 5.74) is 2.78. The van der Waals surface area contributed by atoms with E-state index in [1.165, 1.54) is 0 Å². The molecule has 0 aliphatic carbocycles. The summed E-state index contributed by atoms with van der Waals surface area (Å²) in [6.45, 7) is 2.76. The Morgan fingerprint density at radius 1 is 1.17 bits per heavy atom. The average Bonchev–Trinajstić information content (AvgIpc) is 3.22. The summed E-state index contributed by atoms with van der Waals surface area (Å²) in [5.74, 6) is 0.797. The van der Waals surface area contributed by atoms with E-state index in [1.54, 1.807) is 13.3 Å². The maximum atomic E-state index is 13.3. The predicted molar refractivity (Wildman–Crippen MR) is 115 cm³/mol. The second kappa shape index (κ2) is 9.58. The van der Waals surface area contributed by atoms with Gasteiger partial charge in [-0.3, -0.25) is 9.48 Å².